The molecule has 1 aromatic heterocycles. The molecule has 1 N–H and O–H groups in total. The van der Waals surface area contributed by atoms with Crippen molar-refractivity contribution in [2.45, 2.75) is 39.8 Å². The summed E-state index contributed by atoms with van der Waals surface area (Å²) < 4.78 is 1.57. The van der Waals surface area contributed by atoms with E-state index < -0.39 is 17.4 Å². The van der Waals surface area contributed by atoms with Crippen LogP contribution < -0.4 is 5.32 Å². The molecule has 7 nitrogen and oxygen atoms in total. The number of piperazine rings is 1. The summed E-state index contributed by atoms with van der Waals surface area (Å²) in [6.45, 7) is 7.32. The molecule has 0 saturated carbocycles. The van der Waals surface area contributed by atoms with E-state index in [0.29, 0.717) is 12.2 Å². The summed E-state index contributed by atoms with van der Waals surface area (Å²) >= 11 is 0. The predicted molar refractivity (Wildman–Crippen MR) is 70.9 cm³/mol. The van der Waals surface area contributed by atoms with Gasteiger partial charge in [-0.3, -0.25) is 24.4 Å². The molecule has 108 valence electrons. The zero-order chi connectivity index (χ0) is 15.1. The largest absolute Gasteiger partial charge is 0.314 e. The summed E-state index contributed by atoms with van der Waals surface area (Å²) in [4.78, 5) is 37.3. The fourth-order valence-electron chi connectivity index (χ4n) is 2.21. The van der Waals surface area contributed by atoms with E-state index in [1.54, 1.807) is 31.5 Å². The quantitative estimate of drug-likeness (QED) is 0.777. The van der Waals surface area contributed by atoms with E-state index in [2.05, 4.69) is 10.4 Å². The Hall–Kier alpha value is -2.18. The first-order valence-corrected chi connectivity index (χ1v) is 6.48. The Morgan fingerprint density at radius 2 is 2.10 bits per heavy atom. The summed E-state index contributed by atoms with van der Waals surface area (Å²) in [5, 5.41) is 6.46. The van der Waals surface area contributed by atoms with Crippen molar-refractivity contribution in [1.29, 1.82) is 0 Å². The number of hydrogen-bond donors (Lipinski definition) is 1. The van der Waals surface area contributed by atoms with Crippen LogP contribution in [0.5, 0.6) is 0 Å². The zero-order valence-corrected chi connectivity index (χ0v) is 12.1. The van der Waals surface area contributed by atoms with Crippen molar-refractivity contribution in [2.24, 2.45) is 0 Å². The van der Waals surface area contributed by atoms with E-state index in [4.69, 9.17) is 0 Å². The molecule has 1 saturated heterocycles. The van der Waals surface area contributed by atoms with Gasteiger partial charge in [-0.15, -0.1) is 0 Å². The second-order valence-electron chi connectivity index (χ2n) is 5.31. The topological polar surface area (TPSA) is 84.3 Å². The van der Waals surface area contributed by atoms with E-state index in [1.807, 2.05) is 6.92 Å². The lowest BCUT2D eigenvalue weighted by atomic mass is 9.98. The van der Waals surface area contributed by atoms with Crippen molar-refractivity contribution in [3.05, 3.63) is 17.5 Å². The Balaban J connectivity index is 2.40. The molecule has 7 heteroatoms. The molecule has 1 fully saturated rings. The van der Waals surface area contributed by atoms with Crippen molar-refractivity contribution in [3.63, 3.8) is 0 Å². The number of nitrogens with zero attached hydrogens (tertiary/aromatic N) is 3. The molecule has 0 bridgehead atoms. The van der Waals surface area contributed by atoms with Gasteiger partial charge in [0.05, 0.1) is 5.69 Å². The van der Waals surface area contributed by atoms with Crippen LogP contribution in [0.1, 0.15) is 37.0 Å². The van der Waals surface area contributed by atoms with Crippen molar-refractivity contribution in [1.82, 2.24) is 20.0 Å². The van der Waals surface area contributed by atoms with Gasteiger partial charge in [-0.1, -0.05) is 0 Å². The lowest BCUT2D eigenvalue weighted by Gasteiger charge is -2.40. The van der Waals surface area contributed by atoms with Crippen LogP contribution in [0.3, 0.4) is 0 Å². The van der Waals surface area contributed by atoms with Crippen LogP contribution in [0.2, 0.25) is 0 Å². The first-order chi connectivity index (χ1) is 9.27. The second-order valence-corrected chi connectivity index (χ2v) is 5.31. The number of rotatable bonds is 2. The molecule has 0 unspecified atom stereocenters. The highest BCUT2D eigenvalue weighted by molar-refractivity contribution is 6.08. The first-order valence-electron chi connectivity index (χ1n) is 6.48. The fourth-order valence-corrected chi connectivity index (χ4v) is 2.21. The van der Waals surface area contributed by atoms with Gasteiger partial charge in [0.1, 0.15) is 17.8 Å². The Bertz CT molecular complexity index is 588. The second kappa shape index (κ2) is 4.73. The third-order valence-corrected chi connectivity index (χ3v) is 3.45. The lowest BCUT2D eigenvalue weighted by Crippen LogP contribution is -2.65. The van der Waals surface area contributed by atoms with Gasteiger partial charge in [0.25, 0.3) is 11.8 Å². The van der Waals surface area contributed by atoms with E-state index in [0.717, 1.165) is 5.69 Å². The molecule has 1 aliphatic rings. The Morgan fingerprint density at radius 1 is 1.45 bits per heavy atom. The molecule has 0 radical (unpaired) electrons. The SMILES string of the molecule is CCn1nc(C)cc1C(=O)N1CC(=O)NC(=O)C1(C)C. The van der Waals surface area contributed by atoms with Gasteiger partial charge in [0.15, 0.2) is 0 Å². The highest BCUT2D eigenvalue weighted by Crippen LogP contribution is 2.21. The van der Waals surface area contributed by atoms with Crippen LogP contribution in [0.25, 0.3) is 0 Å². The Kier molecular flexibility index (Phi) is 3.37. The van der Waals surface area contributed by atoms with Crippen LogP contribution in [0.4, 0.5) is 0 Å². The summed E-state index contributed by atoms with van der Waals surface area (Å²) in [5.74, 6) is -1.30. The van der Waals surface area contributed by atoms with Gasteiger partial charge < -0.3 is 4.90 Å². The minimum atomic E-state index is -1.07. The zero-order valence-electron chi connectivity index (χ0n) is 12.1. The number of aryl methyl sites for hydroxylation is 2. The van der Waals surface area contributed by atoms with E-state index >= 15 is 0 Å². The maximum Gasteiger partial charge on any atom is 0.273 e. The van der Waals surface area contributed by atoms with Gasteiger partial charge >= 0.3 is 0 Å². The van der Waals surface area contributed by atoms with Gasteiger partial charge in [0.2, 0.25) is 5.91 Å². The van der Waals surface area contributed by atoms with Crippen LogP contribution in [0.15, 0.2) is 6.07 Å². The van der Waals surface area contributed by atoms with Crippen LogP contribution in [-0.4, -0.2) is 44.5 Å². The molecule has 1 aromatic rings. The number of hydrogen-bond acceptors (Lipinski definition) is 4. The van der Waals surface area contributed by atoms with Crippen molar-refractivity contribution in [3.8, 4) is 0 Å². The van der Waals surface area contributed by atoms with Gasteiger partial charge in [-0.05, 0) is 33.8 Å². The number of imide groups is 1. The summed E-state index contributed by atoms with van der Waals surface area (Å²) in [7, 11) is 0. The van der Waals surface area contributed by atoms with Gasteiger partial charge in [-0.2, -0.15) is 5.10 Å². The average Bonchev–Trinajstić information content (AvgIpc) is 2.74. The smallest absolute Gasteiger partial charge is 0.273 e. The number of amides is 3. The number of nitrogens with one attached hydrogen (secondary N) is 1. The summed E-state index contributed by atoms with van der Waals surface area (Å²) in [6.07, 6.45) is 0. The van der Waals surface area contributed by atoms with Gasteiger partial charge in [0, 0.05) is 6.54 Å². The Labute approximate surface area is 116 Å². The fraction of sp³-hybridized carbons (Fsp3) is 0.538. The third-order valence-electron chi connectivity index (χ3n) is 3.45. The molecular formula is C13H18N4O3. The van der Waals surface area contributed by atoms with Crippen LogP contribution in [0, 0.1) is 6.92 Å². The Morgan fingerprint density at radius 3 is 2.70 bits per heavy atom. The first kappa shape index (κ1) is 14.2. The maximum absolute atomic E-state index is 12.6. The molecule has 0 atom stereocenters. The molecule has 1 aliphatic heterocycles. The third kappa shape index (κ3) is 2.19. The van der Waals surface area contributed by atoms with Crippen LogP contribution >= 0.6 is 0 Å². The molecule has 0 aromatic carbocycles. The maximum atomic E-state index is 12.6. The molecule has 3 amide bonds. The van der Waals surface area contributed by atoms with Gasteiger partial charge in [-0.25, -0.2) is 0 Å². The number of carbonyl (C=O) groups is 3. The summed E-state index contributed by atoms with van der Waals surface area (Å²) in [5.41, 5.74) is 0.0447. The lowest BCUT2D eigenvalue weighted by molar-refractivity contribution is -0.143. The van der Waals surface area contributed by atoms with E-state index in [9.17, 15) is 14.4 Å². The predicted octanol–water partition coefficient (Wildman–Crippen LogP) is 0.0886. The van der Waals surface area contributed by atoms with Crippen molar-refractivity contribution in [2.75, 3.05) is 6.54 Å². The van der Waals surface area contributed by atoms with Crippen molar-refractivity contribution < 1.29 is 14.4 Å². The minimum absolute atomic E-state index is 0.133. The van der Waals surface area contributed by atoms with Crippen LogP contribution in [-0.2, 0) is 16.1 Å². The molecule has 2 rings (SSSR count). The average molecular weight is 278 g/mol. The minimum Gasteiger partial charge on any atom is -0.314 e. The molecule has 0 aliphatic carbocycles. The highest BCUT2D eigenvalue weighted by Gasteiger charge is 2.44. The number of aromatic nitrogens is 2. The molecular weight excluding hydrogens is 260 g/mol. The number of carbonyl (C=O) groups excluding carboxylic acids is 3. The highest BCUT2D eigenvalue weighted by atomic mass is 16.2. The van der Waals surface area contributed by atoms with E-state index in [-0.39, 0.29) is 12.5 Å². The monoisotopic (exact) mass is 278 g/mol. The van der Waals surface area contributed by atoms with E-state index in [1.165, 1.54) is 4.90 Å². The molecule has 2 heterocycles. The molecule has 0 spiro atoms. The molecule has 20 heavy (non-hydrogen) atoms. The standard InChI is InChI=1S/C13H18N4O3/c1-5-17-9(6-8(2)15-17)11(19)16-7-10(18)14-12(20)13(16,3)4/h6H,5,7H2,1-4H3,(H,14,18,20). The summed E-state index contributed by atoms with van der Waals surface area (Å²) in [6, 6.07) is 1.67. The normalized spacial score (nSPS) is 18.1. The van der Waals surface area contributed by atoms with Crippen molar-refractivity contribution >= 4 is 17.7 Å².